The molecule has 0 aliphatic heterocycles. The first-order chi connectivity index (χ1) is 7.38. The van der Waals surface area contributed by atoms with Crippen molar-refractivity contribution >= 4 is 0 Å². The molecule has 0 spiro atoms. The van der Waals surface area contributed by atoms with Gasteiger partial charge in [-0.05, 0) is 44.4 Å². The molecule has 1 aromatic heterocycles. The van der Waals surface area contributed by atoms with Crippen LogP contribution < -0.4 is 5.32 Å². The molecule has 0 bridgehead atoms. The Balaban J connectivity index is 1.65. The highest BCUT2D eigenvalue weighted by Gasteiger charge is 2.22. The fourth-order valence-electron chi connectivity index (χ4n) is 2.05. The van der Waals surface area contributed by atoms with Crippen LogP contribution in [0.3, 0.4) is 0 Å². The van der Waals surface area contributed by atoms with Crippen LogP contribution in [0, 0.1) is 5.92 Å². The van der Waals surface area contributed by atoms with Gasteiger partial charge in [0.2, 0.25) is 0 Å². The lowest BCUT2D eigenvalue weighted by Crippen LogP contribution is -2.25. The summed E-state index contributed by atoms with van der Waals surface area (Å²) in [5.74, 6) is 2.16. The number of aryl methyl sites for hydroxylation is 1. The molecule has 0 amide bonds. The summed E-state index contributed by atoms with van der Waals surface area (Å²) in [7, 11) is 2.07. The van der Waals surface area contributed by atoms with Gasteiger partial charge < -0.3 is 9.73 Å². The van der Waals surface area contributed by atoms with E-state index in [9.17, 15) is 0 Å². The minimum absolute atomic E-state index is 0.663. The number of furan rings is 1. The molecule has 15 heavy (non-hydrogen) atoms. The zero-order valence-corrected chi connectivity index (χ0v) is 9.54. The van der Waals surface area contributed by atoms with Gasteiger partial charge in [0.1, 0.15) is 5.76 Å². The Bertz CT molecular complexity index is 264. The van der Waals surface area contributed by atoms with Crippen LogP contribution in [-0.2, 0) is 6.42 Å². The van der Waals surface area contributed by atoms with Gasteiger partial charge in [0.15, 0.2) is 0 Å². The van der Waals surface area contributed by atoms with Crippen LogP contribution in [0.25, 0.3) is 0 Å². The van der Waals surface area contributed by atoms with E-state index in [2.05, 4.69) is 18.4 Å². The fraction of sp³-hybridized carbons (Fsp3) is 0.692. The van der Waals surface area contributed by atoms with Crippen LogP contribution in [0.5, 0.6) is 0 Å². The zero-order chi connectivity index (χ0) is 10.5. The van der Waals surface area contributed by atoms with Gasteiger partial charge in [0.25, 0.3) is 0 Å². The van der Waals surface area contributed by atoms with E-state index in [1.165, 1.54) is 32.1 Å². The van der Waals surface area contributed by atoms with Crippen molar-refractivity contribution in [2.24, 2.45) is 5.92 Å². The molecule has 1 aliphatic rings. The van der Waals surface area contributed by atoms with Gasteiger partial charge >= 0.3 is 0 Å². The fourth-order valence-corrected chi connectivity index (χ4v) is 2.05. The predicted octanol–water partition coefficient (Wildman–Crippen LogP) is 2.99. The maximum Gasteiger partial charge on any atom is 0.103 e. The van der Waals surface area contributed by atoms with Crippen LogP contribution >= 0.6 is 0 Å². The average molecular weight is 207 g/mol. The Morgan fingerprint density at radius 3 is 2.93 bits per heavy atom. The number of hydrogen-bond acceptors (Lipinski definition) is 2. The lowest BCUT2D eigenvalue weighted by molar-refractivity contribution is 0.431. The van der Waals surface area contributed by atoms with Crippen molar-refractivity contribution in [1.82, 2.24) is 5.32 Å². The summed E-state index contributed by atoms with van der Waals surface area (Å²) in [6.45, 7) is 0. The van der Waals surface area contributed by atoms with E-state index >= 15 is 0 Å². The minimum Gasteiger partial charge on any atom is -0.469 e. The molecule has 0 aromatic carbocycles. The van der Waals surface area contributed by atoms with Gasteiger partial charge in [0, 0.05) is 12.5 Å². The second kappa shape index (κ2) is 5.36. The Kier molecular flexibility index (Phi) is 3.84. The normalized spacial score (nSPS) is 17.9. The quantitative estimate of drug-likeness (QED) is 0.743. The molecule has 0 saturated heterocycles. The summed E-state index contributed by atoms with van der Waals surface area (Å²) >= 11 is 0. The van der Waals surface area contributed by atoms with Crippen LogP contribution in [0.2, 0.25) is 0 Å². The van der Waals surface area contributed by atoms with Crippen molar-refractivity contribution in [2.75, 3.05) is 7.05 Å². The molecular weight excluding hydrogens is 186 g/mol. The van der Waals surface area contributed by atoms with E-state index in [4.69, 9.17) is 4.42 Å². The molecule has 1 heterocycles. The van der Waals surface area contributed by atoms with Gasteiger partial charge in [-0.1, -0.05) is 12.8 Å². The second-order valence-corrected chi connectivity index (χ2v) is 4.62. The van der Waals surface area contributed by atoms with Gasteiger partial charge in [-0.15, -0.1) is 0 Å². The van der Waals surface area contributed by atoms with Gasteiger partial charge in [-0.2, -0.15) is 0 Å². The van der Waals surface area contributed by atoms with Crippen molar-refractivity contribution in [3.63, 3.8) is 0 Å². The summed E-state index contributed by atoms with van der Waals surface area (Å²) in [5, 5.41) is 3.41. The SMILES string of the molecule is CNC(CCc1ccco1)CCC1CC1. The maximum atomic E-state index is 5.34. The number of hydrogen-bond donors (Lipinski definition) is 1. The topological polar surface area (TPSA) is 25.2 Å². The lowest BCUT2D eigenvalue weighted by Gasteiger charge is -2.14. The summed E-state index contributed by atoms with van der Waals surface area (Å²) in [6.07, 6.45) is 9.67. The highest BCUT2D eigenvalue weighted by molar-refractivity contribution is 4.98. The van der Waals surface area contributed by atoms with E-state index in [0.29, 0.717) is 6.04 Å². The Labute approximate surface area is 92.1 Å². The van der Waals surface area contributed by atoms with Crippen molar-refractivity contribution in [3.05, 3.63) is 24.2 Å². The Hall–Kier alpha value is -0.760. The monoisotopic (exact) mass is 207 g/mol. The van der Waals surface area contributed by atoms with Crippen LogP contribution in [0.15, 0.2) is 22.8 Å². The molecule has 1 aromatic rings. The summed E-state index contributed by atoms with van der Waals surface area (Å²) in [5.41, 5.74) is 0. The summed E-state index contributed by atoms with van der Waals surface area (Å²) in [4.78, 5) is 0. The number of rotatable bonds is 7. The van der Waals surface area contributed by atoms with Crippen molar-refractivity contribution in [3.8, 4) is 0 Å². The van der Waals surface area contributed by atoms with Gasteiger partial charge in [-0.25, -0.2) is 0 Å². The maximum absolute atomic E-state index is 5.34. The van der Waals surface area contributed by atoms with E-state index in [-0.39, 0.29) is 0 Å². The smallest absolute Gasteiger partial charge is 0.103 e. The molecule has 2 rings (SSSR count). The van der Waals surface area contributed by atoms with E-state index < -0.39 is 0 Å². The van der Waals surface area contributed by atoms with Crippen LogP contribution in [0.4, 0.5) is 0 Å². The molecule has 1 saturated carbocycles. The van der Waals surface area contributed by atoms with E-state index in [0.717, 1.165) is 18.1 Å². The third-order valence-electron chi connectivity index (χ3n) is 3.35. The van der Waals surface area contributed by atoms with Crippen molar-refractivity contribution in [1.29, 1.82) is 0 Å². The third-order valence-corrected chi connectivity index (χ3v) is 3.35. The number of nitrogens with one attached hydrogen (secondary N) is 1. The first-order valence-corrected chi connectivity index (χ1v) is 6.08. The third kappa shape index (κ3) is 3.71. The van der Waals surface area contributed by atoms with Crippen molar-refractivity contribution < 1.29 is 4.42 Å². The van der Waals surface area contributed by atoms with Crippen molar-refractivity contribution in [2.45, 2.75) is 44.6 Å². The largest absolute Gasteiger partial charge is 0.469 e. The first-order valence-electron chi connectivity index (χ1n) is 6.08. The highest BCUT2D eigenvalue weighted by atomic mass is 16.3. The molecule has 1 unspecified atom stereocenters. The van der Waals surface area contributed by atoms with Crippen LogP contribution in [-0.4, -0.2) is 13.1 Å². The first kappa shape index (κ1) is 10.7. The summed E-state index contributed by atoms with van der Waals surface area (Å²) < 4.78 is 5.34. The second-order valence-electron chi connectivity index (χ2n) is 4.62. The molecule has 1 atom stereocenters. The molecule has 1 fully saturated rings. The minimum atomic E-state index is 0.663. The predicted molar refractivity (Wildman–Crippen MR) is 61.8 cm³/mol. The lowest BCUT2D eigenvalue weighted by atomic mass is 10.0. The Morgan fingerprint density at radius 1 is 1.47 bits per heavy atom. The molecule has 2 heteroatoms. The highest BCUT2D eigenvalue weighted by Crippen LogP contribution is 2.34. The Morgan fingerprint density at radius 2 is 2.33 bits per heavy atom. The van der Waals surface area contributed by atoms with E-state index in [1.54, 1.807) is 6.26 Å². The molecule has 1 N–H and O–H groups in total. The van der Waals surface area contributed by atoms with Crippen LogP contribution in [0.1, 0.15) is 37.9 Å². The standard InChI is InChI=1S/C13H21NO/c1-14-12(7-6-11-4-5-11)8-9-13-3-2-10-15-13/h2-3,10-12,14H,4-9H2,1H3. The summed E-state index contributed by atoms with van der Waals surface area (Å²) in [6, 6.07) is 4.69. The zero-order valence-electron chi connectivity index (χ0n) is 9.54. The molecule has 84 valence electrons. The van der Waals surface area contributed by atoms with Gasteiger partial charge in [-0.3, -0.25) is 0 Å². The van der Waals surface area contributed by atoms with Gasteiger partial charge in [0.05, 0.1) is 6.26 Å². The molecule has 2 nitrogen and oxygen atoms in total. The molecular formula is C13H21NO. The molecule has 1 aliphatic carbocycles. The van der Waals surface area contributed by atoms with E-state index in [1.807, 2.05) is 6.07 Å². The molecule has 0 radical (unpaired) electrons. The average Bonchev–Trinajstić information content (AvgIpc) is 2.94.